The Kier molecular flexibility index (Phi) is 5.28. The van der Waals surface area contributed by atoms with Gasteiger partial charge in [-0.2, -0.15) is 5.26 Å². The number of nitriles is 1. The fourth-order valence-electron chi connectivity index (χ4n) is 2.43. The van der Waals surface area contributed by atoms with Gasteiger partial charge in [-0.1, -0.05) is 6.07 Å². The Balaban J connectivity index is 1.79. The lowest BCUT2D eigenvalue weighted by molar-refractivity contribution is 0.102. The highest BCUT2D eigenvalue weighted by molar-refractivity contribution is 6.03. The third kappa shape index (κ3) is 4.58. The van der Waals surface area contributed by atoms with Crippen LogP contribution in [-0.2, 0) is 0 Å². The Labute approximate surface area is 156 Å². The summed E-state index contributed by atoms with van der Waals surface area (Å²) in [5, 5.41) is 14.8. The monoisotopic (exact) mass is 359 g/mol. The topological polar surface area (TPSA) is 99.9 Å². The molecule has 0 aliphatic carbocycles. The van der Waals surface area contributed by atoms with E-state index in [4.69, 9.17) is 10.00 Å². The summed E-state index contributed by atoms with van der Waals surface area (Å²) in [6.07, 6.45) is 0. The molecule has 0 saturated carbocycles. The second-order valence-electron chi connectivity index (χ2n) is 5.69. The van der Waals surface area contributed by atoms with E-state index in [0.29, 0.717) is 22.9 Å². The van der Waals surface area contributed by atoms with E-state index in [1.165, 1.54) is 0 Å². The summed E-state index contributed by atoms with van der Waals surface area (Å²) in [5.41, 5.74) is 2.02. The van der Waals surface area contributed by atoms with Crippen LogP contribution in [-0.4, -0.2) is 23.0 Å². The first kappa shape index (κ1) is 17.9. The maximum Gasteiger partial charge on any atom is 0.274 e. The van der Waals surface area contributed by atoms with E-state index in [0.717, 1.165) is 11.4 Å². The zero-order valence-corrected chi connectivity index (χ0v) is 14.9. The number of aryl methyl sites for hydroxylation is 1. The lowest BCUT2D eigenvalue weighted by atomic mass is 10.2. The van der Waals surface area contributed by atoms with Crippen LogP contribution < -0.4 is 15.4 Å². The molecule has 0 spiro atoms. The lowest BCUT2D eigenvalue weighted by Crippen LogP contribution is -2.15. The summed E-state index contributed by atoms with van der Waals surface area (Å²) in [5.74, 6) is 1.33. The average molecular weight is 359 g/mol. The van der Waals surface area contributed by atoms with Gasteiger partial charge < -0.3 is 15.4 Å². The largest absolute Gasteiger partial charge is 0.497 e. The van der Waals surface area contributed by atoms with Crippen LogP contribution >= 0.6 is 0 Å². The molecule has 1 heterocycles. The Hall–Kier alpha value is -3.92. The number of nitrogens with zero attached hydrogens (tertiary/aromatic N) is 3. The van der Waals surface area contributed by atoms with Crippen molar-refractivity contribution in [3.63, 3.8) is 0 Å². The third-order valence-corrected chi connectivity index (χ3v) is 3.68. The molecule has 3 rings (SSSR count). The molecule has 3 aromatic rings. The molecule has 7 heteroatoms. The molecule has 0 radical (unpaired) electrons. The molecule has 0 aliphatic heterocycles. The highest BCUT2D eigenvalue weighted by Crippen LogP contribution is 2.20. The first-order valence-electron chi connectivity index (χ1n) is 8.15. The van der Waals surface area contributed by atoms with Crippen molar-refractivity contribution in [2.75, 3.05) is 17.7 Å². The maximum atomic E-state index is 12.5. The predicted octanol–water partition coefficient (Wildman–Crippen LogP) is 3.66. The van der Waals surface area contributed by atoms with Gasteiger partial charge in [0.2, 0.25) is 0 Å². The smallest absolute Gasteiger partial charge is 0.274 e. The minimum Gasteiger partial charge on any atom is -0.497 e. The van der Waals surface area contributed by atoms with Gasteiger partial charge >= 0.3 is 0 Å². The molecule has 2 N–H and O–H groups in total. The quantitative estimate of drug-likeness (QED) is 0.721. The zero-order valence-electron chi connectivity index (χ0n) is 14.9. The van der Waals surface area contributed by atoms with Gasteiger partial charge in [0.1, 0.15) is 23.1 Å². The Morgan fingerprint density at radius 2 is 1.85 bits per heavy atom. The van der Waals surface area contributed by atoms with Crippen molar-refractivity contribution in [1.29, 1.82) is 5.26 Å². The minimum absolute atomic E-state index is 0.223. The molecule has 0 atom stereocenters. The van der Waals surface area contributed by atoms with E-state index in [-0.39, 0.29) is 11.6 Å². The van der Waals surface area contributed by atoms with Crippen LogP contribution in [0.25, 0.3) is 0 Å². The molecule has 0 unspecified atom stereocenters. The Bertz CT molecular complexity index is 1010. The van der Waals surface area contributed by atoms with Crippen molar-refractivity contribution < 1.29 is 9.53 Å². The normalized spacial score (nSPS) is 9.96. The van der Waals surface area contributed by atoms with E-state index in [1.54, 1.807) is 44.4 Å². The van der Waals surface area contributed by atoms with Crippen molar-refractivity contribution in [3.05, 3.63) is 71.7 Å². The number of aromatic nitrogens is 2. The number of carbonyl (C=O) groups is 1. The number of hydrogen-bond donors (Lipinski definition) is 2. The van der Waals surface area contributed by atoms with Crippen molar-refractivity contribution in [3.8, 4) is 11.8 Å². The van der Waals surface area contributed by atoms with Gasteiger partial charge in [-0.15, -0.1) is 0 Å². The second kappa shape index (κ2) is 7.97. The van der Waals surface area contributed by atoms with Crippen LogP contribution in [0.4, 0.5) is 17.2 Å². The van der Waals surface area contributed by atoms with Crippen molar-refractivity contribution >= 4 is 23.1 Å². The Morgan fingerprint density at radius 1 is 1.07 bits per heavy atom. The third-order valence-electron chi connectivity index (χ3n) is 3.68. The summed E-state index contributed by atoms with van der Waals surface area (Å²) in [4.78, 5) is 21.0. The number of anilines is 3. The summed E-state index contributed by atoms with van der Waals surface area (Å²) >= 11 is 0. The number of ether oxygens (including phenoxy) is 1. The maximum absolute atomic E-state index is 12.5. The molecular weight excluding hydrogens is 342 g/mol. The van der Waals surface area contributed by atoms with Crippen LogP contribution in [0, 0.1) is 18.3 Å². The summed E-state index contributed by atoms with van der Waals surface area (Å²) in [7, 11) is 1.60. The number of methoxy groups -OCH3 is 1. The molecule has 0 saturated heterocycles. The predicted molar refractivity (Wildman–Crippen MR) is 102 cm³/mol. The fourth-order valence-corrected chi connectivity index (χ4v) is 2.43. The number of rotatable bonds is 5. The number of carbonyl (C=O) groups excluding carboxylic acids is 1. The van der Waals surface area contributed by atoms with Gasteiger partial charge in [0, 0.05) is 17.4 Å². The van der Waals surface area contributed by atoms with Crippen LogP contribution in [0.2, 0.25) is 0 Å². The van der Waals surface area contributed by atoms with Crippen molar-refractivity contribution in [1.82, 2.24) is 9.97 Å². The van der Waals surface area contributed by atoms with Gasteiger partial charge in [-0.3, -0.25) is 4.79 Å². The summed E-state index contributed by atoms with van der Waals surface area (Å²) < 4.78 is 5.14. The number of amides is 1. The van der Waals surface area contributed by atoms with Gasteiger partial charge in [0.25, 0.3) is 5.91 Å². The minimum atomic E-state index is -0.381. The lowest BCUT2D eigenvalue weighted by Gasteiger charge is -2.10. The van der Waals surface area contributed by atoms with Crippen LogP contribution in [0.1, 0.15) is 21.9 Å². The van der Waals surface area contributed by atoms with Gasteiger partial charge in [-0.25, -0.2) is 9.97 Å². The van der Waals surface area contributed by atoms with E-state index in [2.05, 4.69) is 20.6 Å². The van der Waals surface area contributed by atoms with Gasteiger partial charge in [0.05, 0.1) is 18.7 Å². The first-order valence-corrected chi connectivity index (χ1v) is 8.15. The average Bonchev–Trinajstić information content (AvgIpc) is 2.68. The molecule has 27 heavy (non-hydrogen) atoms. The number of hydrogen-bond acceptors (Lipinski definition) is 6. The second-order valence-corrected chi connectivity index (χ2v) is 5.69. The molecule has 2 aromatic carbocycles. The summed E-state index contributed by atoms with van der Waals surface area (Å²) in [6, 6.07) is 17.6. The molecule has 1 amide bonds. The number of nitrogens with one attached hydrogen (secondary N) is 2. The van der Waals surface area contributed by atoms with E-state index in [1.807, 2.05) is 30.3 Å². The van der Waals surface area contributed by atoms with Crippen molar-refractivity contribution in [2.24, 2.45) is 0 Å². The standard InChI is InChI=1S/C20H17N5O2/c1-13-22-18(20(26)25-16-5-3-4-14(10-16)12-21)11-19(23-13)24-15-6-8-17(27-2)9-7-15/h3-11H,1-2H3,(H,25,26)(H,22,23,24). The van der Waals surface area contributed by atoms with Gasteiger partial charge in [0.15, 0.2) is 0 Å². The van der Waals surface area contributed by atoms with E-state index >= 15 is 0 Å². The molecular formula is C20H17N5O2. The van der Waals surface area contributed by atoms with E-state index < -0.39 is 0 Å². The summed E-state index contributed by atoms with van der Waals surface area (Å²) in [6.45, 7) is 1.71. The molecule has 0 fully saturated rings. The molecule has 7 nitrogen and oxygen atoms in total. The van der Waals surface area contributed by atoms with E-state index in [9.17, 15) is 4.79 Å². The van der Waals surface area contributed by atoms with Crippen LogP contribution in [0.5, 0.6) is 5.75 Å². The van der Waals surface area contributed by atoms with Gasteiger partial charge in [-0.05, 0) is 49.4 Å². The molecule has 0 aliphatic rings. The fraction of sp³-hybridized carbons (Fsp3) is 0.100. The highest BCUT2D eigenvalue weighted by Gasteiger charge is 2.11. The first-order chi connectivity index (χ1) is 13.1. The van der Waals surface area contributed by atoms with Crippen LogP contribution in [0.3, 0.4) is 0 Å². The number of benzene rings is 2. The zero-order chi connectivity index (χ0) is 19.2. The molecule has 1 aromatic heterocycles. The molecule has 134 valence electrons. The van der Waals surface area contributed by atoms with Crippen molar-refractivity contribution in [2.45, 2.75) is 6.92 Å². The molecule has 0 bridgehead atoms. The van der Waals surface area contributed by atoms with Crippen LogP contribution in [0.15, 0.2) is 54.6 Å². The Morgan fingerprint density at radius 3 is 2.56 bits per heavy atom. The highest BCUT2D eigenvalue weighted by atomic mass is 16.5. The SMILES string of the molecule is COc1ccc(Nc2cc(C(=O)Nc3cccc(C#N)c3)nc(C)n2)cc1.